The Morgan fingerprint density at radius 2 is 2.05 bits per heavy atom. The molecule has 6 heteroatoms. The number of ether oxygens (including phenoxy) is 1. The summed E-state index contributed by atoms with van der Waals surface area (Å²) in [6.45, 7) is 7.08. The number of nitrogens with zero attached hydrogens (tertiary/aromatic N) is 3. The number of aryl methyl sites for hydroxylation is 1. The van der Waals surface area contributed by atoms with E-state index in [4.69, 9.17) is 10.5 Å². The van der Waals surface area contributed by atoms with Gasteiger partial charge in [-0.05, 0) is 63.7 Å². The van der Waals surface area contributed by atoms with E-state index in [2.05, 4.69) is 35.8 Å². The second-order valence-electron chi connectivity index (χ2n) is 7.26. The van der Waals surface area contributed by atoms with Crippen molar-refractivity contribution in [1.29, 1.82) is 0 Å². The lowest BCUT2D eigenvalue weighted by molar-refractivity contribution is 0.147. The first-order valence-electron chi connectivity index (χ1n) is 8.30. The number of hydrogen-bond donors (Lipinski definition) is 1. The SMILES string of the molecule is CCC(C)(C)n1nnc2c1CC[C@@H]1[C@H](CC2)[C@@H]1COC(N)=O. The van der Waals surface area contributed by atoms with Crippen molar-refractivity contribution in [3.8, 4) is 0 Å². The van der Waals surface area contributed by atoms with E-state index in [9.17, 15) is 4.79 Å². The minimum absolute atomic E-state index is 0.0111. The standard InChI is InChI=1S/C16H26N4O2/c1-4-16(2,3)20-14-8-6-11-10(5-7-13(14)18-19-20)12(11)9-22-15(17)21/h10-12H,4-9H2,1-3H3,(H2,17,21)/t10-,11+,12-/m0/s1. The van der Waals surface area contributed by atoms with E-state index in [-0.39, 0.29) is 5.54 Å². The molecule has 0 radical (unpaired) electrons. The van der Waals surface area contributed by atoms with Crippen LogP contribution in [0.5, 0.6) is 0 Å². The number of aromatic nitrogens is 3. The van der Waals surface area contributed by atoms with Crippen LogP contribution in [0.15, 0.2) is 0 Å². The minimum atomic E-state index is -0.662. The highest BCUT2D eigenvalue weighted by Gasteiger charge is 2.50. The zero-order valence-corrected chi connectivity index (χ0v) is 13.7. The Hall–Kier alpha value is -1.59. The van der Waals surface area contributed by atoms with Crippen molar-refractivity contribution in [2.75, 3.05) is 6.61 Å². The molecule has 2 N–H and O–H groups in total. The first-order chi connectivity index (χ1) is 10.4. The Labute approximate surface area is 131 Å². The molecule has 1 fully saturated rings. The highest BCUT2D eigenvalue weighted by molar-refractivity contribution is 5.64. The van der Waals surface area contributed by atoms with Crippen LogP contribution in [-0.2, 0) is 23.1 Å². The van der Waals surface area contributed by atoms with Gasteiger partial charge in [-0.2, -0.15) is 0 Å². The van der Waals surface area contributed by atoms with E-state index < -0.39 is 6.09 Å². The predicted molar refractivity (Wildman–Crippen MR) is 82.3 cm³/mol. The van der Waals surface area contributed by atoms with E-state index in [1.54, 1.807) is 0 Å². The van der Waals surface area contributed by atoms with Gasteiger partial charge in [-0.25, -0.2) is 9.48 Å². The summed E-state index contributed by atoms with van der Waals surface area (Å²) in [4.78, 5) is 10.8. The van der Waals surface area contributed by atoms with Crippen molar-refractivity contribution < 1.29 is 9.53 Å². The van der Waals surface area contributed by atoms with Gasteiger partial charge >= 0.3 is 6.09 Å². The maximum Gasteiger partial charge on any atom is 0.404 e. The lowest BCUT2D eigenvalue weighted by Gasteiger charge is -2.25. The average Bonchev–Trinajstić information content (AvgIpc) is 2.94. The molecule has 1 aromatic rings. The smallest absolute Gasteiger partial charge is 0.404 e. The third-order valence-corrected chi connectivity index (χ3v) is 5.64. The highest BCUT2D eigenvalue weighted by atomic mass is 16.5. The summed E-state index contributed by atoms with van der Waals surface area (Å²) >= 11 is 0. The van der Waals surface area contributed by atoms with Crippen LogP contribution in [0.1, 0.15) is 51.4 Å². The van der Waals surface area contributed by atoms with E-state index in [0.29, 0.717) is 24.4 Å². The fraction of sp³-hybridized carbons (Fsp3) is 0.812. The maximum absolute atomic E-state index is 10.8. The van der Waals surface area contributed by atoms with Crippen LogP contribution < -0.4 is 5.73 Å². The second kappa shape index (κ2) is 5.56. The highest BCUT2D eigenvalue weighted by Crippen LogP contribution is 2.53. The number of amides is 1. The molecule has 0 aromatic carbocycles. The number of rotatable bonds is 4. The lowest BCUT2D eigenvalue weighted by atomic mass is 9.98. The summed E-state index contributed by atoms with van der Waals surface area (Å²) in [7, 11) is 0. The van der Waals surface area contributed by atoms with E-state index in [1.807, 2.05) is 0 Å². The fourth-order valence-electron chi connectivity index (χ4n) is 3.83. The van der Waals surface area contributed by atoms with Crippen molar-refractivity contribution in [1.82, 2.24) is 15.0 Å². The molecule has 122 valence electrons. The van der Waals surface area contributed by atoms with Gasteiger partial charge in [0.1, 0.15) is 0 Å². The molecule has 1 heterocycles. The van der Waals surface area contributed by atoms with Crippen LogP contribution in [0.3, 0.4) is 0 Å². The van der Waals surface area contributed by atoms with E-state index in [1.165, 1.54) is 5.69 Å². The van der Waals surface area contributed by atoms with Gasteiger partial charge in [0.25, 0.3) is 0 Å². The zero-order chi connectivity index (χ0) is 15.9. The van der Waals surface area contributed by atoms with Gasteiger partial charge in [0.05, 0.1) is 23.5 Å². The molecule has 2 aliphatic carbocycles. The van der Waals surface area contributed by atoms with Crippen LogP contribution in [0.4, 0.5) is 4.79 Å². The monoisotopic (exact) mass is 306 g/mol. The van der Waals surface area contributed by atoms with Gasteiger partial charge in [-0.3, -0.25) is 0 Å². The van der Waals surface area contributed by atoms with E-state index >= 15 is 0 Å². The van der Waals surface area contributed by atoms with Crippen LogP contribution in [0.2, 0.25) is 0 Å². The van der Waals surface area contributed by atoms with Crippen molar-refractivity contribution >= 4 is 6.09 Å². The van der Waals surface area contributed by atoms with Crippen molar-refractivity contribution in [2.45, 2.75) is 58.4 Å². The topological polar surface area (TPSA) is 83.0 Å². The average molecular weight is 306 g/mol. The summed E-state index contributed by atoms with van der Waals surface area (Å²) < 4.78 is 7.12. The molecule has 1 saturated carbocycles. The van der Waals surface area contributed by atoms with Crippen molar-refractivity contribution in [3.63, 3.8) is 0 Å². The predicted octanol–water partition coefficient (Wildman–Crippen LogP) is 2.26. The number of hydrogen-bond acceptors (Lipinski definition) is 4. The molecule has 1 aromatic heterocycles. The third-order valence-electron chi connectivity index (χ3n) is 5.64. The summed E-state index contributed by atoms with van der Waals surface area (Å²) in [5.74, 6) is 1.79. The van der Waals surface area contributed by atoms with E-state index in [0.717, 1.165) is 37.8 Å². The molecule has 0 bridgehead atoms. The van der Waals surface area contributed by atoms with Crippen LogP contribution in [0, 0.1) is 17.8 Å². The Morgan fingerprint density at radius 1 is 1.36 bits per heavy atom. The Morgan fingerprint density at radius 3 is 2.68 bits per heavy atom. The third kappa shape index (κ3) is 2.71. The first kappa shape index (κ1) is 15.3. The molecule has 3 rings (SSSR count). The molecule has 1 amide bonds. The molecule has 2 aliphatic rings. The van der Waals surface area contributed by atoms with Crippen LogP contribution in [0.25, 0.3) is 0 Å². The number of fused-ring (bicyclic) bond motifs is 2. The second-order valence-corrected chi connectivity index (χ2v) is 7.26. The molecule has 3 atom stereocenters. The Bertz CT molecular complexity index is 566. The van der Waals surface area contributed by atoms with Crippen molar-refractivity contribution in [2.24, 2.45) is 23.5 Å². The quantitative estimate of drug-likeness (QED) is 0.925. The summed E-state index contributed by atoms with van der Waals surface area (Å²) in [5.41, 5.74) is 7.54. The number of carbonyl (C=O) groups excluding carboxylic acids is 1. The number of nitrogens with two attached hydrogens (primary N) is 1. The van der Waals surface area contributed by atoms with Gasteiger partial charge in [-0.1, -0.05) is 12.1 Å². The normalized spacial score (nSPS) is 27.3. The fourth-order valence-corrected chi connectivity index (χ4v) is 3.83. The summed E-state index contributed by atoms with van der Waals surface area (Å²) in [6, 6.07) is 0. The maximum atomic E-state index is 10.8. The van der Waals surface area contributed by atoms with Crippen molar-refractivity contribution in [3.05, 3.63) is 11.4 Å². The molecule has 0 saturated heterocycles. The minimum Gasteiger partial charge on any atom is -0.449 e. The van der Waals surface area contributed by atoms with Gasteiger partial charge < -0.3 is 10.5 Å². The summed E-state index contributed by atoms with van der Waals surface area (Å²) in [5, 5.41) is 8.86. The Balaban J connectivity index is 1.71. The first-order valence-corrected chi connectivity index (χ1v) is 8.30. The molecule has 0 unspecified atom stereocenters. The largest absolute Gasteiger partial charge is 0.449 e. The molecular weight excluding hydrogens is 280 g/mol. The number of primary amides is 1. The molecular formula is C16H26N4O2. The molecule has 0 spiro atoms. The molecule has 0 aliphatic heterocycles. The molecule has 22 heavy (non-hydrogen) atoms. The van der Waals surface area contributed by atoms with Crippen LogP contribution in [-0.4, -0.2) is 27.7 Å². The number of carbonyl (C=O) groups is 1. The van der Waals surface area contributed by atoms with Gasteiger partial charge in [0.15, 0.2) is 0 Å². The lowest BCUT2D eigenvalue weighted by Crippen LogP contribution is -2.29. The van der Waals surface area contributed by atoms with Gasteiger partial charge in [0.2, 0.25) is 0 Å². The Kier molecular flexibility index (Phi) is 3.87. The van der Waals surface area contributed by atoms with Gasteiger partial charge in [-0.15, -0.1) is 5.10 Å². The van der Waals surface area contributed by atoms with Crippen LogP contribution >= 0.6 is 0 Å². The zero-order valence-electron chi connectivity index (χ0n) is 13.7. The molecule has 6 nitrogen and oxygen atoms in total. The summed E-state index contributed by atoms with van der Waals surface area (Å²) in [6.07, 6.45) is 4.59. The van der Waals surface area contributed by atoms with Gasteiger partial charge in [0, 0.05) is 0 Å².